The van der Waals surface area contributed by atoms with E-state index in [0.29, 0.717) is 17.5 Å². The highest BCUT2D eigenvalue weighted by atomic mass is 16.4. The smallest absolute Gasteiger partial charge is 0.247 e. The molecular formula is C32H20N4O. The second-order valence-electron chi connectivity index (χ2n) is 9.15. The largest absolute Gasteiger partial charge is 0.418 e. The van der Waals surface area contributed by atoms with Crippen LogP contribution in [0.4, 0.5) is 0 Å². The Hall–Kier alpha value is -5.16. The van der Waals surface area contributed by atoms with Gasteiger partial charge in [-0.05, 0) is 48.5 Å². The summed E-state index contributed by atoms with van der Waals surface area (Å²) in [5, 5.41) is 4.74. The number of benzene rings is 4. The molecule has 0 N–H and O–H groups in total. The highest BCUT2D eigenvalue weighted by Crippen LogP contribution is 2.39. The predicted octanol–water partition coefficient (Wildman–Crippen LogP) is 7.93. The van der Waals surface area contributed by atoms with Gasteiger partial charge in [-0.1, -0.05) is 60.7 Å². The van der Waals surface area contributed by atoms with Gasteiger partial charge in [-0.25, -0.2) is 4.98 Å². The van der Waals surface area contributed by atoms with Crippen molar-refractivity contribution in [1.29, 1.82) is 0 Å². The molecule has 0 saturated heterocycles. The average Bonchev–Trinajstić information content (AvgIpc) is 3.65. The third-order valence-corrected chi connectivity index (χ3v) is 7.08. The number of nitrogens with zero attached hydrogens (tertiary/aromatic N) is 4. The van der Waals surface area contributed by atoms with E-state index in [0.717, 1.165) is 16.7 Å². The number of aromatic nitrogens is 4. The summed E-state index contributed by atoms with van der Waals surface area (Å²) < 4.78 is 10.8. The lowest BCUT2D eigenvalue weighted by atomic mass is 10.1. The second-order valence-corrected chi connectivity index (χ2v) is 9.15. The van der Waals surface area contributed by atoms with Gasteiger partial charge >= 0.3 is 0 Å². The Kier molecular flexibility index (Phi) is 4.16. The molecule has 4 aromatic carbocycles. The minimum absolute atomic E-state index is 0.503. The molecule has 4 heterocycles. The van der Waals surface area contributed by atoms with Gasteiger partial charge in [0.25, 0.3) is 0 Å². The Morgan fingerprint density at radius 1 is 0.514 bits per heavy atom. The molecular weight excluding hydrogens is 456 g/mol. The van der Waals surface area contributed by atoms with Gasteiger partial charge in [0.1, 0.15) is 5.69 Å². The Bertz CT molecular complexity index is 2080. The minimum Gasteiger partial charge on any atom is -0.418 e. The number of pyridine rings is 1. The van der Waals surface area contributed by atoms with E-state index in [4.69, 9.17) is 4.42 Å². The van der Waals surface area contributed by atoms with E-state index in [9.17, 15) is 0 Å². The van der Waals surface area contributed by atoms with Crippen LogP contribution in [0.5, 0.6) is 0 Å². The fourth-order valence-electron chi connectivity index (χ4n) is 5.50. The standard InChI is InChI=1S/C32H20N4O/c1-2-10-21(11-3-1)35-27-15-6-4-12-22(27)24-19-30-25(18-29(24)35)23-13-5-7-16-28(23)36(30)31-20-34-32(37-31)26-14-8-9-17-33-26/h1-20H. The zero-order valence-electron chi connectivity index (χ0n) is 19.7. The van der Waals surface area contributed by atoms with Gasteiger partial charge in [0.2, 0.25) is 11.8 Å². The molecule has 0 unspecified atom stereocenters. The predicted molar refractivity (Wildman–Crippen MR) is 148 cm³/mol. The van der Waals surface area contributed by atoms with Gasteiger partial charge in [0, 0.05) is 33.4 Å². The van der Waals surface area contributed by atoms with E-state index in [-0.39, 0.29) is 0 Å². The monoisotopic (exact) mass is 476 g/mol. The van der Waals surface area contributed by atoms with E-state index in [1.165, 1.54) is 32.6 Å². The van der Waals surface area contributed by atoms with E-state index in [1.54, 1.807) is 12.4 Å². The van der Waals surface area contributed by atoms with Gasteiger partial charge in [0.15, 0.2) is 0 Å². The number of para-hydroxylation sites is 3. The van der Waals surface area contributed by atoms with Crippen LogP contribution in [-0.2, 0) is 0 Å². The van der Waals surface area contributed by atoms with Gasteiger partial charge < -0.3 is 8.98 Å². The van der Waals surface area contributed by atoms with Gasteiger partial charge in [-0.15, -0.1) is 0 Å². The molecule has 0 radical (unpaired) electrons. The van der Waals surface area contributed by atoms with E-state index >= 15 is 0 Å². The fraction of sp³-hybridized carbons (Fsp3) is 0. The van der Waals surface area contributed by atoms with Crippen molar-refractivity contribution in [2.24, 2.45) is 0 Å². The highest BCUT2D eigenvalue weighted by Gasteiger charge is 2.20. The third kappa shape index (κ3) is 2.91. The van der Waals surface area contributed by atoms with Crippen molar-refractivity contribution in [1.82, 2.24) is 19.1 Å². The molecule has 0 aliphatic carbocycles. The molecule has 0 atom stereocenters. The number of hydrogen-bond acceptors (Lipinski definition) is 3. The van der Waals surface area contributed by atoms with Crippen molar-refractivity contribution in [3.8, 4) is 23.2 Å². The first-order valence-corrected chi connectivity index (χ1v) is 12.3. The van der Waals surface area contributed by atoms with Crippen LogP contribution in [0.3, 0.4) is 0 Å². The highest BCUT2D eigenvalue weighted by molar-refractivity contribution is 6.18. The van der Waals surface area contributed by atoms with Crippen molar-refractivity contribution in [2.45, 2.75) is 0 Å². The van der Waals surface area contributed by atoms with E-state index < -0.39 is 0 Å². The normalized spacial score (nSPS) is 11.8. The van der Waals surface area contributed by atoms with E-state index in [1.807, 2.05) is 18.2 Å². The molecule has 0 aliphatic rings. The Labute approximate surface area is 211 Å². The maximum Gasteiger partial charge on any atom is 0.247 e. The first-order chi connectivity index (χ1) is 18.4. The molecule has 0 bridgehead atoms. The molecule has 8 aromatic rings. The van der Waals surface area contributed by atoms with Crippen LogP contribution in [0, 0.1) is 0 Å². The van der Waals surface area contributed by atoms with Crippen LogP contribution in [0.15, 0.2) is 126 Å². The van der Waals surface area contributed by atoms with Crippen LogP contribution < -0.4 is 0 Å². The topological polar surface area (TPSA) is 48.8 Å². The summed E-state index contributed by atoms with van der Waals surface area (Å²) in [5.41, 5.74) is 6.37. The number of oxazole rings is 1. The summed E-state index contributed by atoms with van der Waals surface area (Å²) in [6.45, 7) is 0. The Balaban J connectivity index is 1.48. The lowest BCUT2D eigenvalue weighted by Gasteiger charge is -2.08. The molecule has 5 nitrogen and oxygen atoms in total. The molecule has 8 rings (SSSR count). The van der Waals surface area contributed by atoms with Crippen molar-refractivity contribution in [3.63, 3.8) is 0 Å². The zero-order valence-corrected chi connectivity index (χ0v) is 19.7. The Morgan fingerprint density at radius 2 is 1.14 bits per heavy atom. The molecule has 0 fully saturated rings. The van der Waals surface area contributed by atoms with Crippen LogP contribution in [0.2, 0.25) is 0 Å². The first-order valence-electron chi connectivity index (χ1n) is 12.3. The molecule has 0 spiro atoms. The molecule has 0 saturated carbocycles. The maximum atomic E-state index is 6.29. The summed E-state index contributed by atoms with van der Waals surface area (Å²) >= 11 is 0. The molecule has 0 amide bonds. The molecule has 0 aliphatic heterocycles. The summed E-state index contributed by atoms with van der Waals surface area (Å²) in [7, 11) is 0. The average molecular weight is 477 g/mol. The summed E-state index contributed by atoms with van der Waals surface area (Å²) in [6, 6.07) is 37.9. The van der Waals surface area contributed by atoms with Crippen molar-refractivity contribution >= 4 is 43.6 Å². The molecule has 37 heavy (non-hydrogen) atoms. The molecule has 4 aromatic heterocycles. The van der Waals surface area contributed by atoms with Crippen LogP contribution in [0.1, 0.15) is 0 Å². The number of rotatable bonds is 3. The Morgan fingerprint density at radius 3 is 1.84 bits per heavy atom. The van der Waals surface area contributed by atoms with Gasteiger partial charge in [-0.2, -0.15) is 0 Å². The van der Waals surface area contributed by atoms with Crippen molar-refractivity contribution in [2.75, 3.05) is 0 Å². The van der Waals surface area contributed by atoms with Gasteiger partial charge in [0.05, 0.1) is 28.3 Å². The van der Waals surface area contributed by atoms with Crippen LogP contribution in [-0.4, -0.2) is 19.1 Å². The first kappa shape index (κ1) is 20.1. The maximum absolute atomic E-state index is 6.29. The number of fused-ring (bicyclic) bond motifs is 6. The molecule has 174 valence electrons. The summed E-state index contributed by atoms with van der Waals surface area (Å²) in [6.07, 6.45) is 3.53. The van der Waals surface area contributed by atoms with E-state index in [2.05, 4.69) is 110 Å². The lowest BCUT2D eigenvalue weighted by Crippen LogP contribution is -1.93. The second kappa shape index (κ2) is 7.67. The minimum atomic E-state index is 0.503. The van der Waals surface area contributed by atoms with Crippen LogP contribution >= 0.6 is 0 Å². The quantitative estimate of drug-likeness (QED) is 0.260. The fourth-order valence-corrected chi connectivity index (χ4v) is 5.50. The molecule has 5 heteroatoms. The summed E-state index contributed by atoms with van der Waals surface area (Å²) in [4.78, 5) is 8.96. The third-order valence-electron chi connectivity index (χ3n) is 7.08. The number of hydrogen-bond donors (Lipinski definition) is 0. The van der Waals surface area contributed by atoms with Crippen molar-refractivity contribution < 1.29 is 4.42 Å². The SMILES string of the molecule is c1ccc(-n2c3ccccc3c3cc4c(cc32)c2ccccc2n4-c2cnc(-c3ccccn3)o2)cc1. The summed E-state index contributed by atoms with van der Waals surface area (Å²) in [5.74, 6) is 1.17. The van der Waals surface area contributed by atoms with Crippen LogP contribution in [0.25, 0.3) is 66.8 Å². The van der Waals surface area contributed by atoms with Gasteiger partial charge in [-0.3, -0.25) is 9.55 Å². The zero-order chi connectivity index (χ0) is 24.3. The van der Waals surface area contributed by atoms with Crippen molar-refractivity contribution in [3.05, 3.63) is 122 Å². The lowest BCUT2D eigenvalue weighted by molar-refractivity contribution is 0.552.